The third kappa shape index (κ3) is 2.16. The van der Waals surface area contributed by atoms with Gasteiger partial charge < -0.3 is 0 Å². The van der Waals surface area contributed by atoms with Crippen molar-refractivity contribution in [2.45, 2.75) is 0 Å². The molecule has 0 aliphatic rings. The standard InChI is InChI=1S/C14H7Cl2N5S/c15-10-5-1-4-9(11(10)16)13-20-21-12(18-19-14(21)22-13)8-3-2-6-17-7-8/h1-7H. The minimum absolute atomic E-state index is 0.483. The second-order valence-corrected chi connectivity index (χ2v) is 6.21. The third-order valence-electron chi connectivity index (χ3n) is 3.09. The molecule has 0 saturated carbocycles. The molecule has 0 atom stereocenters. The summed E-state index contributed by atoms with van der Waals surface area (Å²) in [6.07, 6.45) is 3.43. The first kappa shape index (κ1) is 13.6. The fourth-order valence-corrected chi connectivity index (χ4v) is 3.39. The maximum absolute atomic E-state index is 6.26. The molecule has 0 spiro atoms. The van der Waals surface area contributed by atoms with Crippen LogP contribution in [0.3, 0.4) is 0 Å². The molecule has 0 unspecified atom stereocenters. The van der Waals surface area contributed by atoms with Crippen molar-refractivity contribution in [3.8, 4) is 22.0 Å². The van der Waals surface area contributed by atoms with Crippen LogP contribution in [0.25, 0.3) is 26.9 Å². The van der Waals surface area contributed by atoms with Crippen molar-refractivity contribution in [2.75, 3.05) is 0 Å². The van der Waals surface area contributed by atoms with Gasteiger partial charge in [0.1, 0.15) is 5.01 Å². The molecule has 4 rings (SSSR count). The SMILES string of the molecule is Clc1cccc(-c2nn3c(-c4cccnc4)nnc3s2)c1Cl. The monoisotopic (exact) mass is 347 g/mol. The van der Waals surface area contributed by atoms with Gasteiger partial charge in [0.15, 0.2) is 5.82 Å². The second kappa shape index (κ2) is 5.31. The Kier molecular flexibility index (Phi) is 3.29. The highest BCUT2D eigenvalue weighted by Crippen LogP contribution is 2.36. The third-order valence-corrected chi connectivity index (χ3v) is 4.84. The van der Waals surface area contributed by atoms with Crippen molar-refractivity contribution in [1.29, 1.82) is 0 Å². The van der Waals surface area contributed by atoms with Gasteiger partial charge in [-0.25, -0.2) is 0 Å². The van der Waals surface area contributed by atoms with E-state index in [2.05, 4.69) is 20.3 Å². The number of nitrogens with zero attached hydrogens (tertiary/aromatic N) is 5. The lowest BCUT2D eigenvalue weighted by atomic mass is 10.2. The second-order valence-electron chi connectivity index (χ2n) is 4.47. The summed E-state index contributed by atoms with van der Waals surface area (Å²) in [7, 11) is 0. The van der Waals surface area contributed by atoms with Gasteiger partial charge in [0.25, 0.3) is 0 Å². The van der Waals surface area contributed by atoms with Crippen molar-refractivity contribution in [1.82, 2.24) is 24.8 Å². The van der Waals surface area contributed by atoms with Gasteiger partial charge in [-0.3, -0.25) is 4.98 Å². The molecule has 0 N–H and O–H groups in total. The van der Waals surface area contributed by atoms with E-state index >= 15 is 0 Å². The summed E-state index contributed by atoms with van der Waals surface area (Å²) >= 11 is 13.7. The van der Waals surface area contributed by atoms with Crippen LogP contribution >= 0.6 is 34.5 Å². The molecule has 0 aliphatic heterocycles. The molecular weight excluding hydrogens is 341 g/mol. The lowest BCUT2D eigenvalue weighted by molar-refractivity contribution is 0.969. The number of benzene rings is 1. The summed E-state index contributed by atoms with van der Waals surface area (Å²) in [6.45, 7) is 0. The number of hydrogen-bond donors (Lipinski definition) is 0. The van der Waals surface area contributed by atoms with Crippen molar-refractivity contribution >= 4 is 39.5 Å². The first-order valence-corrected chi connectivity index (χ1v) is 7.88. The van der Waals surface area contributed by atoms with Gasteiger partial charge in [0.05, 0.1) is 10.0 Å². The maximum atomic E-state index is 6.26. The maximum Gasteiger partial charge on any atom is 0.235 e. The molecule has 1 aromatic carbocycles. The molecular formula is C14H7Cl2N5S. The zero-order valence-corrected chi connectivity index (χ0v) is 13.3. The highest BCUT2D eigenvalue weighted by molar-refractivity contribution is 7.19. The van der Waals surface area contributed by atoms with Crippen LogP contribution in [-0.4, -0.2) is 24.8 Å². The summed E-state index contributed by atoms with van der Waals surface area (Å²) in [6, 6.07) is 9.22. The first-order valence-electron chi connectivity index (χ1n) is 6.31. The van der Waals surface area contributed by atoms with Gasteiger partial charge in [-0.1, -0.05) is 46.7 Å². The Balaban J connectivity index is 1.89. The van der Waals surface area contributed by atoms with Gasteiger partial charge in [-0.15, -0.1) is 10.2 Å². The fraction of sp³-hybridized carbons (Fsp3) is 0. The summed E-state index contributed by atoms with van der Waals surface area (Å²) < 4.78 is 1.69. The Labute approximate surface area is 139 Å². The van der Waals surface area contributed by atoms with E-state index in [0.717, 1.165) is 16.1 Å². The molecule has 5 nitrogen and oxygen atoms in total. The molecule has 8 heteroatoms. The average Bonchev–Trinajstić information content (AvgIpc) is 3.11. The number of hydrogen-bond acceptors (Lipinski definition) is 5. The van der Waals surface area contributed by atoms with E-state index < -0.39 is 0 Å². The zero-order chi connectivity index (χ0) is 15.1. The van der Waals surface area contributed by atoms with E-state index in [1.807, 2.05) is 24.3 Å². The lowest BCUT2D eigenvalue weighted by Gasteiger charge is -2.01. The van der Waals surface area contributed by atoms with Crippen LogP contribution in [0.5, 0.6) is 0 Å². The molecule has 0 fully saturated rings. The topological polar surface area (TPSA) is 56.0 Å². The van der Waals surface area contributed by atoms with Crippen molar-refractivity contribution in [3.05, 3.63) is 52.8 Å². The molecule has 0 aliphatic carbocycles. The Morgan fingerprint density at radius 3 is 2.77 bits per heavy atom. The van der Waals surface area contributed by atoms with Crippen LogP contribution in [-0.2, 0) is 0 Å². The average molecular weight is 348 g/mol. The molecule has 0 amide bonds. The van der Waals surface area contributed by atoms with Gasteiger partial charge in [-0.2, -0.15) is 9.61 Å². The van der Waals surface area contributed by atoms with Crippen LogP contribution in [0.4, 0.5) is 0 Å². The lowest BCUT2D eigenvalue weighted by Crippen LogP contribution is -1.91. The molecule has 3 aromatic heterocycles. The van der Waals surface area contributed by atoms with Crippen LogP contribution in [0.2, 0.25) is 10.0 Å². The van der Waals surface area contributed by atoms with E-state index in [0.29, 0.717) is 20.8 Å². The van der Waals surface area contributed by atoms with Crippen molar-refractivity contribution in [2.24, 2.45) is 0 Å². The number of halogens is 2. The Morgan fingerprint density at radius 1 is 1.05 bits per heavy atom. The smallest absolute Gasteiger partial charge is 0.235 e. The molecule has 108 valence electrons. The summed E-state index contributed by atoms with van der Waals surface area (Å²) in [5.41, 5.74) is 1.63. The predicted molar refractivity (Wildman–Crippen MR) is 87.3 cm³/mol. The number of aromatic nitrogens is 5. The molecule has 0 radical (unpaired) electrons. The van der Waals surface area contributed by atoms with Crippen LogP contribution in [0.1, 0.15) is 0 Å². The minimum atomic E-state index is 0.483. The number of fused-ring (bicyclic) bond motifs is 1. The zero-order valence-electron chi connectivity index (χ0n) is 10.9. The van der Waals surface area contributed by atoms with Gasteiger partial charge in [-0.05, 0) is 18.2 Å². The first-order chi connectivity index (χ1) is 10.7. The van der Waals surface area contributed by atoms with Gasteiger partial charge in [0, 0.05) is 23.5 Å². The Hall–Kier alpha value is -2.02. The van der Waals surface area contributed by atoms with Crippen LogP contribution < -0.4 is 0 Å². The predicted octanol–water partition coefficient (Wildman–Crippen LogP) is 4.22. The molecule has 0 bridgehead atoms. The molecule has 4 aromatic rings. The van der Waals surface area contributed by atoms with E-state index in [1.165, 1.54) is 11.3 Å². The summed E-state index contributed by atoms with van der Waals surface area (Å²) in [4.78, 5) is 4.78. The minimum Gasteiger partial charge on any atom is -0.264 e. The highest BCUT2D eigenvalue weighted by Gasteiger charge is 2.16. The van der Waals surface area contributed by atoms with E-state index in [1.54, 1.807) is 23.0 Å². The Bertz CT molecular complexity index is 964. The number of pyridine rings is 1. The van der Waals surface area contributed by atoms with Crippen LogP contribution in [0, 0.1) is 0 Å². The normalized spacial score (nSPS) is 11.2. The summed E-state index contributed by atoms with van der Waals surface area (Å²) in [5.74, 6) is 0.642. The number of rotatable bonds is 2. The van der Waals surface area contributed by atoms with E-state index in [4.69, 9.17) is 23.2 Å². The fourth-order valence-electron chi connectivity index (χ4n) is 2.07. The van der Waals surface area contributed by atoms with Crippen molar-refractivity contribution in [3.63, 3.8) is 0 Å². The quantitative estimate of drug-likeness (QED) is 0.544. The highest BCUT2D eigenvalue weighted by atomic mass is 35.5. The van der Waals surface area contributed by atoms with E-state index in [-0.39, 0.29) is 0 Å². The molecule has 0 saturated heterocycles. The summed E-state index contributed by atoms with van der Waals surface area (Å²) in [5, 5.41) is 14.6. The molecule has 22 heavy (non-hydrogen) atoms. The molecule has 3 heterocycles. The van der Waals surface area contributed by atoms with Crippen molar-refractivity contribution < 1.29 is 0 Å². The van der Waals surface area contributed by atoms with Crippen LogP contribution in [0.15, 0.2) is 42.7 Å². The van der Waals surface area contributed by atoms with E-state index in [9.17, 15) is 0 Å². The van der Waals surface area contributed by atoms with Gasteiger partial charge >= 0.3 is 0 Å². The Morgan fingerprint density at radius 2 is 1.95 bits per heavy atom. The largest absolute Gasteiger partial charge is 0.264 e. The van der Waals surface area contributed by atoms with Gasteiger partial charge in [0.2, 0.25) is 4.96 Å².